The van der Waals surface area contributed by atoms with Gasteiger partial charge in [0.25, 0.3) is 0 Å². The second-order valence-electron chi connectivity index (χ2n) is 11.3. The molecule has 4 N–H and O–H groups in total. The minimum absolute atomic E-state index is 0.196. The molecule has 0 aromatic carbocycles. The van der Waals surface area contributed by atoms with Crippen LogP contribution in [-0.2, 0) is 38.1 Å². The molecular weight excluding hydrogens is 580 g/mol. The normalized spacial score (nSPS) is 10.9. The molecule has 0 aliphatic heterocycles. The quantitative estimate of drug-likeness (QED) is 0.0755. The van der Waals surface area contributed by atoms with Crippen LogP contribution in [0.4, 0.5) is 0 Å². The summed E-state index contributed by atoms with van der Waals surface area (Å²) in [7, 11) is 0. The van der Waals surface area contributed by atoms with E-state index in [1.165, 1.54) is 0 Å². The van der Waals surface area contributed by atoms with Crippen LogP contribution in [0.15, 0.2) is 48.6 Å². The van der Waals surface area contributed by atoms with Crippen LogP contribution < -0.4 is 21.3 Å². The number of amides is 4. The standard InChI is InChI=1S/C33H56N4O8/c1-25(2)29(38)34-13-9-17-42-21-33(22-43-18-10-14-35-30(39)26(3)4,23-44-19-11-15-36-31(40)27(5)6)24-45-20-12-16-37-32(41)28(7)8/h1,3,5,7,9-24H2,2,4,6,8H3,(H,34,38)(H,35,39)(H,36,40)(H,37,41). The molecule has 0 heterocycles. The van der Waals surface area contributed by atoms with Crippen molar-refractivity contribution in [1.82, 2.24) is 21.3 Å². The smallest absolute Gasteiger partial charge is 0.246 e. The van der Waals surface area contributed by atoms with Gasteiger partial charge < -0.3 is 40.2 Å². The average Bonchev–Trinajstić information content (AvgIpc) is 2.98. The molecule has 0 aromatic heterocycles. The zero-order valence-corrected chi connectivity index (χ0v) is 27.9. The Morgan fingerprint density at radius 2 is 0.644 bits per heavy atom. The first-order valence-electron chi connectivity index (χ1n) is 15.4. The molecule has 12 nitrogen and oxygen atoms in total. The van der Waals surface area contributed by atoms with Crippen LogP contribution in [0.5, 0.6) is 0 Å². The second-order valence-corrected chi connectivity index (χ2v) is 11.3. The van der Waals surface area contributed by atoms with E-state index >= 15 is 0 Å². The fourth-order valence-corrected chi connectivity index (χ4v) is 3.51. The first kappa shape index (κ1) is 41.7. The number of carbonyl (C=O) groups is 4. The summed E-state index contributed by atoms with van der Waals surface area (Å²) in [4.78, 5) is 47.0. The predicted octanol–water partition coefficient (Wildman–Crippen LogP) is 2.37. The molecular formula is C33H56N4O8. The Labute approximate surface area is 269 Å². The zero-order valence-electron chi connectivity index (χ0n) is 27.9. The molecule has 256 valence electrons. The van der Waals surface area contributed by atoms with Gasteiger partial charge in [-0.1, -0.05) is 26.3 Å². The Hall–Kier alpha value is -3.32. The summed E-state index contributed by atoms with van der Waals surface area (Å²) in [5.41, 5.74) is 1.11. The molecule has 12 heteroatoms. The third-order valence-electron chi connectivity index (χ3n) is 6.19. The lowest BCUT2D eigenvalue weighted by Gasteiger charge is -2.33. The Bertz CT molecular complexity index is 838. The third-order valence-corrected chi connectivity index (χ3v) is 6.19. The number of hydrogen-bond acceptors (Lipinski definition) is 8. The molecule has 0 unspecified atom stereocenters. The summed E-state index contributed by atoms with van der Waals surface area (Å²) >= 11 is 0. The summed E-state index contributed by atoms with van der Waals surface area (Å²) in [6.07, 6.45) is 2.41. The minimum atomic E-state index is -0.663. The molecule has 0 aromatic rings. The molecule has 0 saturated carbocycles. The lowest BCUT2D eigenvalue weighted by atomic mass is 9.92. The fraction of sp³-hybridized carbons (Fsp3) is 0.636. The molecule has 0 radical (unpaired) electrons. The van der Waals surface area contributed by atoms with Crippen molar-refractivity contribution in [3.8, 4) is 0 Å². The maximum atomic E-state index is 11.7. The SMILES string of the molecule is C=C(C)C(=O)NCCCOCC(COCCCNC(=O)C(=C)C)(COCCCNC(=O)C(=C)C)COCCCNC(=O)C(=C)C. The van der Waals surface area contributed by atoms with Gasteiger partial charge in [0.15, 0.2) is 0 Å². The molecule has 0 aliphatic carbocycles. The Morgan fingerprint density at radius 1 is 0.444 bits per heavy atom. The predicted molar refractivity (Wildman–Crippen MR) is 175 cm³/mol. The van der Waals surface area contributed by atoms with Gasteiger partial charge in [-0.15, -0.1) is 0 Å². The Morgan fingerprint density at radius 3 is 0.822 bits per heavy atom. The van der Waals surface area contributed by atoms with Crippen LogP contribution in [0.25, 0.3) is 0 Å². The largest absolute Gasteiger partial charge is 0.381 e. The highest BCUT2D eigenvalue weighted by Crippen LogP contribution is 2.21. The van der Waals surface area contributed by atoms with Gasteiger partial charge in [-0.05, 0) is 53.4 Å². The molecule has 0 rings (SSSR count). The van der Waals surface area contributed by atoms with Gasteiger partial charge >= 0.3 is 0 Å². The van der Waals surface area contributed by atoms with Crippen molar-refractivity contribution in [2.24, 2.45) is 5.41 Å². The molecule has 0 spiro atoms. The average molecular weight is 637 g/mol. The van der Waals surface area contributed by atoms with E-state index < -0.39 is 5.41 Å². The van der Waals surface area contributed by atoms with Gasteiger partial charge in [0.1, 0.15) is 0 Å². The first-order valence-corrected chi connectivity index (χ1v) is 15.4. The van der Waals surface area contributed by atoms with Crippen LogP contribution in [-0.4, -0.2) is 103 Å². The van der Waals surface area contributed by atoms with Gasteiger partial charge in [0.05, 0.1) is 31.8 Å². The van der Waals surface area contributed by atoms with Crippen molar-refractivity contribution in [3.63, 3.8) is 0 Å². The topological polar surface area (TPSA) is 153 Å². The van der Waals surface area contributed by atoms with Crippen LogP contribution in [0.1, 0.15) is 53.4 Å². The monoisotopic (exact) mass is 636 g/mol. The summed E-state index contributed by atoms with van der Waals surface area (Å²) < 4.78 is 24.1. The van der Waals surface area contributed by atoms with E-state index in [2.05, 4.69) is 47.6 Å². The minimum Gasteiger partial charge on any atom is -0.381 e. The van der Waals surface area contributed by atoms with Gasteiger partial charge in [-0.2, -0.15) is 0 Å². The van der Waals surface area contributed by atoms with Crippen molar-refractivity contribution in [1.29, 1.82) is 0 Å². The molecule has 0 bridgehead atoms. The lowest BCUT2D eigenvalue weighted by molar-refractivity contribution is -0.118. The molecule has 4 amide bonds. The molecule has 0 aliphatic rings. The van der Waals surface area contributed by atoms with Crippen molar-refractivity contribution in [2.75, 3.05) is 79.0 Å². The van der Waals surface area contributed by atoms with E-state index in [1.54, 1.807) is 27.7 Å². The highest BCUT2D eigenvalue weighted by Gasteiger charge is 2.32. The van der Waals surface area contributed by atoms with E-state index in [-0.39, 0.29) is 50.1 Å². The zero-order chi connectivity index (χ0) is 34.1. The molecule has 45 heavy (non-hydrogen) atoms. The summed E-state index contributed by atoms with van der Waals surface area (Å²) in [5, 5.41) is 11.1. The van der Waals surface area contributed by atoms with E-state index in [1.807, 2.05) is 0 Å². The third kappa shape index (κ3) is 21.9. The summed E-state index contributed by atoms with van der Waals surface area (Å²) in [6, 6.07) is 0. The fourth-order valence-electron chi connectivity index (χ4n) is 3.51. The van der Waals surface area contributed by atoms with E-state index in [0.29, 0.717) is 101 Å². The molecule has 0 saturated heterocycles. The highest BCUT2D eigenvalue weighted by atomic mass is 16.5. The molecule has 0 atom stereocenters. The maximum absolute atomic E-state index is 11.7. The van der Waals surface area contributed by atoms with Crippen LogP contribution in [0, 0.1) is 5.41 Å². The van der Waals surface area contributed by atoms with Gasteiger partial charge in [0.2, 0.25) is 23.6 Å². The van der Waals surface area contributed by atoms with Crippen molar-refractivity contribution >= 4 is 23.6 Å². The maximum Gasteiger partial charge on any atom is 0.246 e. The van der Waals surface area contributed by atoms with Crippen LogP contribution >= 0.6 is 0 Å². The number of ether oxygens (including phenoxy) is 4. The second kappa shape index (κ2) is 24.9. The van der Waals surface area contributed by atoms with E-state index in [4.69, 9.17) is 18.9 Å². The van der Waals surface area contributed by atoms with Crippen molar-refractivity contribution in [2.45, 2.75) is 53.4 Å². The van der Waals surface area contributed by atoms with Crippen molar-refractivity contribution < 1.29 is 38.1 Å². The first-order chi connectivity index (χ1) is 21.3. The number of nitrogens with one attached hydrogen (secondary N) is 4. The number of rotatable bonds is 28. The Balaban J connectivity index is 5.23. The molecule has 0 fully saturated rings. The van der Waals surface area contributed by atoms with E-state index in [9.17, 15) is 19.2 Å². The van der Waals surface area contributed by atoms with Gasteiger partial charge in [-0.25, -0.2) is 0 Å². The van der Waals surface area contributed by atoms with Gasteiger partial charge in [0, 0.05) is 74.9 Å². The highest BCUT2D eigenvalue weighted by molar-refractivity contribution is 5.93. The number of hydrogen-bond donors (Lipinski definition) is 4. The van der Waals surface area contributed by atoms with Crippen molar-refractivity contribution in [3.05, 3.63) is 48.6 Å². The lowest BCUT2D eigenvalue weighted by Crippen LogP contribution is -2.42. The summed E-state index contributed by atoms with van der Waals surface area (Å²) in [5.74, 6) is -0.786. The summed E-state index contributed by atoms with van der Waals surface area (Å²) in [6.45, 7) is 25.6. The van der Waals surface area contributed by atoms with Gasteiger partial charge in [-0.3, -0.25) is 19.2 Å². The van der Waals surface area contributed by atoms with Crippen LogP contribution in [0.3, 0.4) is 0 Å². The van der Waals surface area contributed by atoms with E-state index in [0.717, 1.165) is 0 Å². The number of carbonyl (C=O) groups excluding carboxylic acids is 4. The van der Waals surface area contributed by atoms with Crippen LogP contribution in [0.2, 0.25) is 0 Å². The Kier molecular flexibility index (Phi) is 23.1.